The number of hydrogen-bond donors (Lipinski definition) is 0. The smallest absolute Gasteiger partial charge is 0.416 e. The Labute approximate surface area is 440 Å². The molecule has 0 amide bonds. The maximum atomic E-state index is 14.2. The Kier molecular flexibility index (Phi) is 17.9. The Balaban J connectivity index is 0.000000416. The minimum absolute atomic E-state index is 0.0235. The normalized spacial score (nSPS) is 13.2. The average molecular weight is 1190 g/mol. The van der Waals surface area contributed by atoms with Crippen LogP contribution >= 0.6 is 0 Å². The van der Waals surface area contributed by atoms with Gasteiger partial charge in [0.05, 0.1) is 58.7 Å². The van der Waals surface area contributed by atoms with Gasteiger partial charge in [0.25, 0.3) is 0 Å². The van der Waals surface area contributed by atoms with Crippen molar-refractivity contribution in [1.82, 2.24) is 0 Å². The van der Waals surface area contributed by atoms with Crippen LogP contribution in [0.25, 0.3) is 10.9 Å². The fourth-order valence-corrected chi connectivity index (χ4v) is 8.71. The summed E-state index contributed by atoms with van der Waals surface area (Å²) in [6, 6.07) is 3.10. The number of rotatable bonds is 9. The molecule has 5 aromatic carbocycles. The van der Waals surface area contributed by atoms with Crippen molar-refractivity contribution in [2.75, 3.05) is 14.2 Å². The fraction of sp³-hybridized carbons (Fsp3) is 0.275. The Morgan fingerprint density at radius 2 is 0.654 bits per heavy atom. The van der Waals surface area contributed by atoms with Crippen molar-refractivity contribution >= 4 is 50.8 Å². The lowest BCUT2D eigenvalue weighted by molar-refractivity contribution is -0.663. The molecule has 0 saturated heterocycles. The molecule has 0 fully saturated rings. The Bertz CT molecular complexity index is 2880. The van der Waals surface area contributed by atoms with E-state index in [1.807, 2.05) is 61.0 Å². The molecule has 30 heteroatoms. The van der Waals surface area contributed by atoms with Crippen LogP contribution in [0.2, 0.25) is 0 Å². The van der Waals surface area contributed by atoms with Crippen LogP contribution in [0.15, 0.2) is 127 Å². The summed E-state index contributed by atoms with van der Waals surface area (Å²) in [5.74, 6) is -1.37. The summed E-state index contributed by atoms with van der Waals surface area (Å²) >= 11 is 0. The highest BCUT2D eigenvalue weighted by molar-refractivity contribution is 7.20. The molecule has 6 aromatic rings. The number of hydrogen-bond acceptors (Lipinski definition) is 4. The number of methoxy groups -OCH3 is 2. The highest BCUT2D eigenvalue weighted by atomic mass is 19.4. The standard InChI is InChI=1S/C32H12BF24.C19H22NO4/c34-25(35,36)13-1-14(26(37,38)39)6-21(5-13)33(22-7-15(27(40,41)42)2-16(8-22)28(43,44)45,23-9-17(29(46,47)48)3-18(10-23)30(49,50)51)24-11-19(31(52,53)54)4-20(12-24)32(55,56)57;1-13(2)15(17(18(21)23-3)19(22)24-4)12-20-11-7-9-14-8-5-6-10-16(14)20/h1-12H;5-11,13H,12H2,1-4H3/q-1;+1. The molecule has 0 spiro atoms. The second kappa shape index (κ2) is 22.5. The first-order valence-corrected chi connectivity index (χ1v) is 22.4. The number of carbonyl (C=O) groups is 2. The van der Waals surface area contributed by atoms with E-state index in [0.717, 1.165) is 10.9 Å². The second-order valence-electron chi connectivity index (χ2n) is 18.0. The molecule has 0 atom stereocenters. The summed E-state index contributed by atoms with van der Waals surface area (Å²) in [5.41, 5.74) is -28.5. The number of ether oxygens (including phenoxy) is 2. The number of halogens is 24. The van der Waals surface area contributed by atoms with Gasteiger partial charge in [0, 0.05) is 23.1 Å². The number of nitrogens with zero attached hydrogens (tertiary/aromatic N) is 1. The molecule has 1 aromatic heterocycles. The van der Waals surface area contributed by atoms with Crippen LogP contribution in [-0.2, 0) is 75.0 Å². The predicted molar refractivity (Wildman–Crippen MR) is 240 cm³/mol. The zero-order valence-corrected chi connectivity index (χ0v) is 41.0. The van der Waals surface area contributed by atoms with Crippen molar-refractivity contribution in [3.63, 3.8) is 0 Å². The maximum absolute atomic E-state index is 14.2. The number of pyridine rings is 1. The number of alkyl halides is 24. The van der Waals surface area contributed by atoms with Crippen molar-refractivity contribution in [2.45, 2.75) is 69.8 Å². The highest BCUT2D eigenvalue weighted by Crippen LogP contribution is 2.41. The van der Waals surface area contributed by atoms with E-state index < -0.39 is 207 Å². The van der Waals surface area contributed by atoms with E-state index in [1.54, 1.807) is 0 Å². The molecule has 1 heterocycles. The third kappa shape index (κ3) is 14.6. The van der Waals surface area contributed by atoms with Crippen molar-refractivity contribution in [3.05, 3.63) is 171 Å². The predicted octanol–water partition coefficient (Wildman–Crippen LogP) is 13.6. The largest absolute Gasteiger partial charge is 0.465 e. The van der Waals surface area contributed by atoms with E-state index in [2.05, 4.69) is 0 Å². The zero-order valence-electron chi connectivity index (χ0n) is 41.0. The lowest BCUT2D eigenvalue weighted by Gasteiger charge is -2.46. The van der Waals surface area contributed by atoms with Gasteiger partial charge < -0.3 is 9.47 Å². The number of para-hydroxylation sites is 1. The van der Waals surface area contributed by atoms with Gasteiger partial charge in [0.15, 0.2) is 18.3 Å². The van der Waals surface area contributed by atoms with Crippen LogP contribution in [0.4, 0.5) is 105 Å². The molecule has 6 rings (SSSR count). The summed E-state index contributed by atoms with van der Waals surface area (Å²) in [7, 11) is 2.52. The summed E-state index contributed by atoms with van der Waals surface area (Å²) in [5, 5.41) is 1.08. The molecule has 0 aliphatic heterocycles. The number of esters is 2. The molecule has 438 valence electrons. The number of fused-ring (bicyclic) bond motifs is 1. The zero-order chi connectivity index (χ0) is 61.6. The van der Waals surface area contributed by atoms with Gasteiger partial charge in [-0.2, -0.15) is 132 Å². The summed E-state index contributed by atoms with van der Waals surface area (Å²) < 4.78 is 352. The van der Waals surface area contributed by atoms with Gasteiger partial charge in [-0.25, -0.2) is 9.59 Å². The lowest BCUT2D eigenvalue weighted by atomic mass is 9.12. The minimum atomic E-state index is -6.13. The SMILES string of the molecule is COC(=O)C(C(=O)OC)=C(C[n+]1cccc2ccccc21)C(C)C.FC(F)(F)c1cc([B-](c2cc(C(F)(F)F)cc(C(F)(F)F)c2)(c2cc(C(F)(F)F)cc(C(F)(F)F)c2)c2cc(C(F)(F)F)cc(C(F)(F)F)c2)cc(C(F)(F)F)c1. The number of allylic oxidation sites excluding steroid dienone is 1. The van der Waals surface area contributed by atoms with E-state index in [-0.39, 0.29) is 11.5 Å². The van der Waals surface area contributed by atoms with Gasteiger partial charge in [0.2, 0.25) is 5.52 Å². The molecule has 0 N–H and O–H groups in total. The number of benzene rings is 5. The van der Waals surface area contributed by atoms with E-state index in [1.165, 1.54) is 14.2 Å². The fourth-order valence-electron chi connectivity index (χ4n) is 8.71. The molecule has 81 heavy (non-hydrogen) atoms. The first kappa shape index (κ1) is 64.4. The van der Waals surface area contributed by atoms with E-state index in [4.69, 9.17) is 9.47 Å². The molecule has 0 saturated carbocycles. The molecule has 5 nitrogen and oxygen atoms in total. The first-order chi connectivity index (χ1) is 36.8. The van der Waals surface area contributed by atoms with Gasteiger partial charge in [-0.05, 0) is 42.3 Å². The van der Waals surface area contributed by atoms with Crippen molar-refractivity contribution in [3.8, 4) is 0 Å². The quantitative estimate of drug-likeness (QED) is 0.0275. The number of aromatic nitrogens is 1. The topological polar surface area (TPSA) is 56.5 Å². The molecule has 0 radical (unpaired) electrons. The maximum Gasteiger partial charge on any atom is 0.416 e. The molecule has 0 bridgehead atoms. The van der Waals surface area contributed by atoms with Crippen LogP contribution in [0, 0.1) is 5.92 Å². The van der Waals surface area contributed by atoms with E-state index in [9.17, 15) is 115 Å². The van der Waals surface area contributed by atoms with Gasteiger partial charge in [-0.1, -0.05) is 74.5 Å². The monoisotopic (exact) mass is 1190 g/mol. The van der Waals surface area contributed by atoms with Crippen molar-refractivity contribution < 1.29 is 129 Å². The van der Waals surface area contributed by atoms with Crippen LogP contribution in [0.5, 0.6) is 0 Å². The minimum Gasteiger partial charge on any atom is -0.465 e. The van der Waals surface area contributed by atoms with Crippen LogP contribution in [0.3, 0.4) is 0 Å². The molecule has 0 aliphatic carbocycles. The molecular formula is C51H34BF24NO4. The molecular weight excluding hydrogens is 1160 g/mol. The third-order valence-electron chi connectivity index (χ3n) is 12.4. The third-order valence-corrected chi connectivity index (χ3v) is 12.4. The van der Waals surface area contributed by atoms with Crippen LogP contribution in [-0.4, -0.2) is 32.3 Å². The molecule has 0 unspecified atom stereocenters. The van der Waals surface area contributed by atoms with Crippen molar-refractivity contribution in [2.24, 2.45) is 5.92 Å². The molecule has 0 aliphatic rings. The Morgan fingerprint density at radius 3 is 0.889 bits per heavy atom. The summed E-state index contributed by atoms with van der Waals surface area (Å²) in [6.07, 6.45) is -52.9. The van der Waals surface area contributed by atoms with Gasteiger partial charge in [-0.3, -0.25) is 0 Å². The second-order valence-corrected chi connectivity index (χ2v) is 18.0. The van der Waals surface area contributed by atoms with Crippen LogP contribution < -0.4 is 26.4 Å². The van der Waals surface area contributed by atoms with Crippen molar-refractivity contribution in [1.29, 1.82) is 0 Å². The lowest BCUT2D eigenvalue weighted by Crippen LogP contribution is -2.75. The van der Waals surface area contributed by atoms with Crippen LogP contribution in [0.1, 0.15) is 58.4 Å². The number of carbonyl (C=O) groups excluding carboxylic acids is 2. The summed E-state index contributed by atoms with van der Waals surface area (Å²) in [4.78, 5) is 24.2. The van der Waals surface area contributed by atoms with Gasteiger partial charge in [-0.15, -0.1) is 0 Å². The highest BCUT2D eigenvalue weighted by Gasteiger charge is 2.47. The first-order valence-electron chi connectivity index (χ1n) is 22.4. The Morgan fingerprint density at radius 1 is 0.407 bits per heavy atom. The van der Waals surface area contributed by atoms with Gasteiger partial charge >= 0.3 is 61.3 Å². The van der Waals surface area contributed by atoms with E-state index >= 15 is 0 Å². The Hall–Kier alpha value is -7.43. The van der Waals surface area contributed by atoms with Gasteiger partial charge in [0.1, 0.15) is 6.15 Å². The van der Waals surface area contributed by atoms with E-state index in [0.29, 0.717) is 12.1 Å². The average Bonchev–Trinajstić information content (AvgIpc) is 3.48. The summed E-state index contributed by atoms with van der Waals surface area (Å²) in [6.45, 7) is 4.28.